The van der Waals surface area contributed by atoms with Crippen LogP contribution in [0.25, 0.3) is 5.69 Å². The topological polar surface area (TPSA) is 72.7 Å². The highest BCUT2D eigenvalue weighted by molar-refractivity contribution is 7.13. The summed E-state index contributed by atoms with van der Waals surface area (Å²) >= 11 is 7.20. The van der Waals surface area contributed by atoms with Crippen LogP contribution in [0.5, 0.6) is 0 Å². The molecule has 2 aromatic heterocycles. The van der Waals surface area contributed by atoms with Gasteiger partial charge in [0, 0.05) is 16.6 Å². The molecule has 0 fully saturated rings. The van der Waals surface area contributed by atoms with Gasteiger partial charge in [-0.3, -0.25) is 10.1 Å². The van der Waals surface area contributed by atoms with Gasteiger partial charge in [0.25, 0.3) is 5.91 Å². The second-order valence-electron chi connectivity index (χ2n) is 4.20. The first kappa shape index (κ1) is 13.7. The molecular weight excluding hydrogens is 310 g/mol. The molecule has 6 nitrogen and oxygen atoms in total. The number of carbonyl (C=O) groups is 1. The van der Waals surface area contributed by atoms with Crippen LogP contribution in [0, 0.1) is 6.92 Å². The minimum atomic E-state index is -0.331. The third kappa shape index (κ3) is 2.79. The van der Waals surface area contributed by atoms with Crippen molar-refractivity contribution in [2.45, 2.75) is 6.92 Å². The average molecular weight is 320 g/mol. The summed E-state index contributed by atoms with van der Waals surface area (Å²) in [6.07, 6.45) is 1.62. The zero-order valence-electron chi connectivity index (χ0n) is 10.9. The molecular formula is C13H10ClN5OS. The van der Waals surface area contributed by atoms with Crippen molar-refractivity contribution < 1.29 is 4.79 Å². The number of hydrogen-bond acceptors (Lipinski definition) is 5. The zero-order valence-corrected chi connectivity index (χ0v) is 12.5. The number of nitrogens with one attached hydrogen (secondary N) is 1. The molecule has 0 unspecified atom stereocenters. The van der Waals surface area contributed by atoms with Gasteiger partial charge in [-0.15, -0.1) is 16.4 Å². The Kier molecular flexibility index (Phi) is 3.68. The predicted molar refractivity (Wildman–Crippen MR) is 81.2 cm³/mol. The molecule has 0 radical (unpaired) electrons. The van der Waals surface area contributed by atoms with Crippen molar-refractivity contribution in [1.82, 2.24) is 20.0 Å². The zero-order chi connectivity index (χ0) is 14.8. The van der Waals surface area contributed by atoms with E-state index in [2.05, 4.69) is 20.6 Å². The molecule has 8 heteroatoms. The predicted octanol–water partition coefficient (Wildman–Crippen LogP) is 2.94. The van der Waals surface area contributed by atoms with E-state index >= 15 is 0 Å². The van der Waals surface area contributed by atoms with E-state index < -0.39 is 0 Å². The standard InChI is InChI=1S/C13H10ClN5OS/c1-8-11(12(20)16-13-15-6-7-21-13)17-18-19(8)10-4-2-9(14)3-5-10/h2-7H,1H3,(H,15,16,20). The number of amides is 1. The van der Waals surface area contributed by atoms with Crippen LogP contribution in [0.4, 0.5) is 5.13 Å². The first-order valence-corrected chi connectivity index (χ1v) is 7.30. The second-order valence-corrected chi connectivity index (χ2v) is 5.53. The molecule has 0 saturated carbocycles. The van der Waals surface area contributed by atoms with Crippen LogP contribution in [-0.2, 0) is 0 Å². The molecule has 3 rings (SSSR count). The number of rotatable bonds is 3. The highest BCUT2D eigenvalue weighted by Gasteiger charge is 2.18. The molecule has 21 heavy (non-hydrogen) atoms. The summed E-state index contributed by atoms with van der Waals surface area (Å²) < 4.78 is 1.59. The number of hydrogen-bond donors (Lipinski definition) is 1. The Morgan fingerprint density at radius 1 is 1.33 bits per heavy atom. The van der Waals surface area contributed by atoms with E-state index in [4.69, 9.17) is 11.6 Å². The van der Waals surface area contributed by atoms with Gasteiger partial charge in [0.1, 0.15) is 0 Å². The lowest BCUT2D eigenvalue weighted by atomic mass is 10.3. The van der Waals surface area contributed by atoms with E-state index in [9.17, 15) is 4.79 Å². The fourth-order valence-electron chi connectivity index (χ4n) is 1.81. The van der Waals surface area contributed by atoms with Crippen molar-refractivity contribution in [3.63, 3.8) is 0 Å². The molecule has 0 aliphatic carbocycles. The highest BCUT2D eigenvalue weighted by atomic mass is 35.5. The van der Waals surface area contributed by atoms with Crippen LogP contribution in [0.2, 0.25) is 5.02 Å². The van der Waals surface area contributed by atoms with Crippen molar-refractivity contribution in [1.29, 1.82) is 0 Å². The molecule has 0 bridgehead atoms. The second kappa shape index (κ2) is 5.63. The molecule has 106 valence electrons. The molecule has 2 heterocycles. The Balaban J connectivity index is 1.88. The monoisotopic (exact) mass is 319 g/mol. The van der Waals surface area contributed by atoms with Crippen LogP contribution in [-0.4, -0.2) is 25.9 Å². The average Bonchev–Trinajstić information content (AvgIpc) is 3.09. The first-order valence-electron chi connectivity index (χ1n) is 6.04. The molecule has 0 spiro atoms. The van der Waals surface area contributed by atoms with Gasteiger partial charge in [0.15, 0.2) is 10.8 Å². The van der Waals surface area contributed by atoms with Gasteiger partial charge in [0.05, 0.1) is 11.4 Å². The number of benzene rings is 1. The summed E-state index contributed by atoms with van der Waals surface area (Å²) in [5, 5.41) is 13.6. The third-order valence-corrected chi connectivity index (χ3v) is 3.77. The van der Waals surface area contributed by atoms with Gasteiger partial charge in [-0.05, 0) is 31.2 Å². The number of nitrogens with zero attached hydrogens (tertiary/aromatic N) is 4. The fraction of sp³-hybridized carbons (Fsp3) is 0.0769. The number of halogens is 1. The number of aromatic nitrogens is 4. The molecule has 1 amide bonds. The van der Waals surface area contributed by atoms with Gasteiger partial charge in [-0.2, -0.15) is 0 Å². The molecule has 0 atom stereocenters. The Morgan fingerprint density at radius 2 is 2.10 bits per heavy atom. The minimum Gasteiger partial charge on any atom is -0.296 e. The van der Waals surface area contributed by atoms with Gasteiger partial charge in [-0.1, -0.05) is 16.8 Å². The van der Waals surface area contributed by atoms with Crippen molar-refractivity contribution >= 4 is 34.0 Å². The summed E-state index contributed by atoms with van der Waals surface area (Å²) in [6, 6.07) is 7.14. The normalized spacial score (nSPS) is 10.6. The van der Waals surface area contributed by atoms with Gasteiger partial charge in [0.2, 0.25) is 0 Å². The summed E-state index contributed by atoms with van der Waals surface area (Å²) in [7, 11) is 0. The lowest BCUT2D eigenvalue weighted by molar-refractivity contribution is 0.102. The third-order valence-electron chi connectivity index (χ3n) is 2.83. The van der Waals surface area contributed by atoms with Gasteiger partial charge >= 0.3 is 0 Å². The maximum absolute atomic E-state index is 12.2. The quantitative estimate of drug-likeness (QED) is 0.805. The Hall–Kier alpha value is -2.25. The maximum Gasteiger partial charge on any atom is 0.279 e. The van der Waals surface area contributed by atoms with Gasteiger partial charge in [-0.25, -0.2) is 9.67 Å². The van der Waals surface area contributed by atoms with E-state index in [0.717, 1.165) is 5.69 Å². The summed E-state index contributed by atoms with van der Waals surface area (Å²) in [5.41, 5.74) is 1.70. The lowest BCUT2D eigenvalue weighted by Gasteiger charge is -2.03. The van der Waals surface area contributed by atoms with Crippen molar-refractivity contribution in [2.24, 2.45) is 0 Å². The smallest absolute Gasteiger partial charge is 0.279 e. The van der Waals surface area contributed by atoms with Crippen LogP contribution in [0.3, 0.4) is 0 Å². The molecule has 0 aliphatic rings. The van der Waals surface area contributed by atoms with Crippen LogP contribution in [0.15, 0.2) is 35.8 Å². The van der Waals surface area contributed by atoms with Crippen LogP contribution < -0.4 is 5.32 Å². The number of anilines is 1. The van der Waals surface area contributed by atoms with E-state index in [0.29, 0.717) is 15.8 Å². The largest absolute Gasteiger partial charge is 0.296 e. The summed E-state index contributed by atoms with van der Waals surface area (Å²) in [6.45, 7) is 1.78. The van der Waals surface area contributed by atoms with Crippen LogP contribution in [0.1, 0.15) is 16.2 Å². The van der Waals surface area contributed by atoms with Crippen molar-refractivity contribution in [3.05, 3.63) is 52.3 Å². The fourth-order valence-corrected chi connectivity index (χ4v) is 2.46. The molecule has 1 aromatic carbocycles. The summed E-state index contributed by atoms with van der Waals surface area (Å²) in [4.78, 5) is 16.2. The maximum atomic E-state index is 12.2. The minimum absolute atomic E-state index is 0.264. The highest BCUT2D eigenvalue weighted by Crippen LogP contribution is 2.17. The lowest BCUT2D eigenvalue weighted by Crippen LogP contribution is -2.14. The molecule has 0 aliphatic heterocycles. The van der Waals surface area contributed by atoms with Crippen LogP contribution >= 0.6 is 22.9 Å². The first-order chi connectivity index (χ1) is 10.1. The van der Waals surface area contributed by atoms with E-state index in [1.807, 2.05) is 12.1 Å². The Morgan fingerprint density at radius 3 is 2.76 bits per heavy atom. The SMILES string of the molecule is Cc1c(C(=O)Nc2nccs2)nnn1-c1ccc(Cl)cc1. The van der Waals surface area contributed by atoms with E-state index in [1.54, 1.807) is 35.3 Å². The van der Waals surface area contributed by atoms with Crippen molar-refractivity contribution in [2.75, 3.05) is 5.32 Å². The van der Waals surface area contributed by atoms with E-state index in [1.165, 1.54) is 11.3 Å². The molecule has 0 saturated heterocycles. The Labute approximate surface area is 129 Å². The molecule has 1 N–H and O–H groups in total. The summed E-state index contributed by atoms with van der Waals surface area (Å²) in [5.74, 6) is -0.331. The van der Waals surface area contributed by atoms with Gasteiger partial charge < -0.3 is 0 Å². The number of carbonyl (C=O) groups excluding carboxylic acids is 1. The van der Waals surface area contributed by atoms with E-state index in [-0.39, 0.29) is 11.6 Å². The Bertz CT molecular complexity index is 766. The number of thiazole rings is 1. The molecule has 3 aromatic rings. The van der Waals surface area contributed by atoms with Crippen molar-refractivity contribution in [3.8, 4) is 5.69 Å².